The van der Waals surface area contributed by atoms with Crippen molar-refractivity contribution in [3.63, 3.8) is 0 Å². The normalized spacial score (nSPS) is 18.2. The Kier molecular flexibility index (Phi) is 3.68. The zero-order valence-electron chi connectivity index (χ0n) is 9.54. The fraction of sp³-hybridized carbons (Fsp3) is 0.545. The summed E-state index contributed by atoms with van der Waals surface area (Å²) < 4.78 is 38.0. The molecule has 3 nitrogen and oxygen atoms in total. The molecule has 100 valence electrons. The van der Waals surface area contributed by atoms with Crippen molar-refractivity contribution in [1.82, 2.24) is 4.98 Å². The summed E-state index contributed by atoms with van der Waals surface area (Å²) >= 11 is 5.52. The van der Waals surface area contributed by atoms with Crippen molar-refractivity contribution in [2.24, 2.45) is 5.73 Å². The van der Waals surface area contributed by atoms with E-state index in [0.717, 1.165) is 12.8 Å². The lowest BCUT2D eigenvalue weighted by Gasteiger charge is -2.31. The van der Waals surface area contributed by atoms with Crippen LogP contribution < -0.4 is 10.6 Å². The van der Waals surface area contributed by atoms with Crippen molar-refractivity contribution in [2.75, 3.05) is 18.0 Å². The van der Waals surface area contributed by atoms with Gasteiger partial charge in [0.1, 0.15) is 5.82 Å². The highest BCUT2D eigenvalue weighted by Gasteiger charge is 2.36. The molecule has 0 amide bonds. The van der Waals surface area contributed by atoms with Crippen molar-refractivity contribution in [3.05, 3.63) is 22.8 Å². The molecule has 0 atom stereocenters. The fourth-order valence-electron chi connectivity index (χ4n) is 1.94. The standard InChI is InChI=1S/C11H13ClF3N3/c12-8-1-2-9(17-10(8)11(13,14)15)18-5-3-7(16)4-6-18/h1-2,7H,3-6,16H2. The molecule has 2 N–H and O–H groups in total. The molecular formula is C11H13ClF3N3. The van der Waals surface area contributed by atoms with Crippen LogP contribution in [0, 0.1) is 0 Å². The summed E-state index contributed by atoms with van der Waals surface area (Å²) in [7, 11) is 0. The summed E-state index contributed by atoms with van der Waals surface area (Å²) in [5.41, 5.74) is 4.72. The van der Waals surface area contributed by atoms with Gasteiger partial charge >= 0.3 is 6.18 Å². The number of hydrogen-bond donors (Lipinski definition) is 1. The maximum atomic E-state index is 12.7. The van der Waals surface area contributed by atoms with Gasteiger partial charge in [0.2, 0.25) is 0 Å². The van der Waals surface area contributed by atoms with Crippen LogP contribution in [0.4, 0.5) is 19.0 Å². The van der Waals surface area contributed by atoms with E-state index in [4.69, 9.17) is 17.3 Å². The van der Waals surface area contributed by atoms with Crippen LogP contribution in [0.15, 0.2) is 12.1 Å². The molecule has 1 aromatic heterocycles. The number of rotatable bonds is 1. The topological polar surface area (TPSA) is 42.1 Å². The third-order valence-corrected chi connectivity index (χ3v) is 3.27. The Morgan fingerprint density at radius 3 is 2.44 bits per heavy atom. The molecule has 0 saturated carbocycles. The zero-order valence-corrected chi connectivity index (χ0v) is 10.3. The van der Waals surface area contributed by atoms with E-state index in [1.165, 1.54) is 12.1 Å². The molecule has 18 heavy (non-hydrogen) atoms. The summed E-state index contributed by atoms with van der Waals surface area (Å²) in [6, 6.07) is 2.87. The number of aromatic nitrogens is 1. The molecule has 1 aliphatic rings. The number of nitrogens with two attached hydrogens (primary N) is 1. The largest absolute Gasteiger partial charge is 0.434 e. The van der Waals surface area contributed by atoms with E-state index >= 15 is 0 Å². The number of piperidine rings is 1. The summed E-state index contributed by atoms with van der Waals surface area (Å²) in [4.78, 5) is 5.42. The van der Waals surface area contributed by atoms with E-state index in [-0.39, 0.29) is 11.1 Å². The number of hydrogen-bond acceptors (Lipinski definition) is 3. The number of nitrogens with zero attached hydrogens (tertiary/aromatic N) is 2. The summed E-state index contributed by atoms with van der Waals surface area (Å²) in [5, 5.41) is -0.375. The smallest absolute Gasteiger partial charge is 0.356 e. The fourth-order valence-corrected chi connectivity index (χ4v) is 2.15. The maximum absolute atomic E-state index is 12.7. The molecule has 0 unspecified atom stereocenters. The average molecular weight is 280 g/mol. The summed E-state index contributed by atoms with van der Waals surface area (Å²) in [6.45, 7) is 1.24. The van der Waals surface area contributed by atoms with Crippen LogP contribution in [0.25, 0.3) is 0 Å². The lowest BCUT2D eigenvalue weighted by molar-refractivity contribution is -0.141. The Hall–Kier alpha value is -1.01. The van der Waals surface area contributed by atoms with E-state index < -0.39 is 11.9 Å². The van der Waals surface area contributed by atoms with Gasteiger partial charge in [0.25, 0.3) is 0 Å². The molecule has 1 saturated heterocycles. The first-order valence-electron chi connectivity index (χ1n) is 5.62. The highest BCUT2D eigenvalue weighted by Crippen LogP contribution is 2.34. The third kappa shape index (κ3) is 2.87. The molecule has 2 rings (SSSR count). The van der Waals surface area contributed by atoms with Gasteiger partial charge in [-0.25, -0.2) is 4.98 Å². The Bertz CT molecular complexity index is 428. The molecule has 0 radical (unpaired) electrons. The van der Waals surface area contributed by atoms with Crippen molar-refractivity contribution in [3.8, 4) is 0 Å². The molecule has 0 aliphatic carbocycles. The Morgan fingerprint density at radius 1 is 1.28 bits per heavy atom. The summed E-state index contributed by atoms with van der Waals surface area (Å²) in [6.07, 6.45) is -3.02. The average Bonchev–Trinajstić information content (AvgIpc) is 2.29. The predicted molar refractivity (Wildman–Crippen MR) is 63.7 cm³/mol. The molecule has 0 aromatic carbocycles. The first kappa shape index (κ1) is 13.4. The first-order valence-corrected chi connectivity index (χ1v) is 6.00. The SMILES string of the molecule is NC1CCN(c2ccc(Cl)c(C(F)(F)F)n2)CC1. The van der Waals surface area contributed by atoms with Crippen molar-refractivity contribution in [1.29, 1.82) is 0 Å². The van der Waals surface area contributed by atoms with E-state index in [2.05, 4.69) is 4.98 Å². The lowest BCUT2D eigenvalue weighted by atomic mass is 10.1. The Labute approximate surface area is 108 Å². The van der Waals surface area contributed by atoms with Crippen LogP contribution in [0.5, 0.6) is 0 Å². The zero-order chi connectivity index (χ0) is 13.3. The number of pyridine rings is 1. The highest BCUT2D eigenvalue weighted by atomic mass is 35.5. The minimum absolute atomic E-state index is 0.121. The van der Waals surface area contributed by atoms with E-state index in [1.807, 2.05) is 0 Å². The minimum atomic E-state index is -4.53. The van der Waals surface area contributed by atoms with Crippen LogP contribution in [0.3, 0.4) is 0 Å². The van der Waals surface area contributed by atoms with Crippen LogP contribution in [0.1, 0.15) is 18.5 Å². The monoisotopic (exact) mass is 279 g/mol. The molecule has 1 aliphatic heterocycles. The number of halogens is 4. The van der Waals surface area contributed by atoms with Crippen LogP contribution in [-0.4, -0.2) is 24.1 Å². The van der Waals surface area contributed by atoms with Gasteiger partial charge in [-0.3, -0.25) is 0 Å². The van der Waals surface area contributed by atoms with Gasteiger partial charge in [0.05, 0.1) is 5.02 Å². The van der Waals surface area contributed by atoms with Gasteiger partial charge in [-0.05, 0) is 25.0 Å². The van der Waals surface area contributed by atoms with Gasteiger partial charge in [-0.1, -0.05) is 11.6 Å². The Morgan fingerprint density at radius 2 is 1.89 bits per heavy atom. The highest BCUT2D eigenvalue weighted by molar-refractivity contribution is 6.31. The molecular weight excluding hydrogens is 267 g/mol. The van der Waals surface area contributed by atoms with Gasteiger partial charge in [-0.15, -0.1) is 0 Å². The maximum Gasteiger partial charge on any atom is 0.434 e. The van der Waals surface area contributed by atoms with Gasteiger partial charge in [0, 0.05) is 19.1 Å². The molecule has 0 spiro atoms. The molecule has 1 aromatic rings. The van der Waals surface area contributed by atoms with Crippen molar-refractivity contribution >= 4 is 17.4 Å². The van der Waals surface area contributed by atoms with Crippen LogP contribution >= 0.6 is 11.6 Å². The second-order valence-corrected chi connectivity index (χ2v) is 4.73. The van der Waals surface area contributed by atoms with E-state index in [9.17, 15) is 13.2 Å². The number of anilines is 1. The van der Waals surface area contributed by atoms with Crippen LogP contribution in [0.2, 0.25) is 5.02 Å². The first-order chi connectivity index (χ1) is 8.38. The second-order valence-electron chi connectivity index (χ2n) is 4.32. The molecule has 2 heterocycles. The van der Waals surface area contributed by atoms with Gasteiger partial charge < -0.3 is 10.6 Å². The predicted octanol–water partition coefficient (Wildman–Crippen LogP) is 2.68. The molecule has 0 bridgehead atoms. The number of alkyl halides is 3. The third-order valence-electron chi connectivity index (χ3n) is 2.96. The molecule has 1 fully saturated rings. The van der Waals surface area contributed by atoms with Crippen LogP contribution in [-0.2, 0) is 6.18 Å². The van der Waals surface area contributed by atoms with E-state index in [0.29, 0.717) is 18.9 Å². The van der Waals surface area contributed by atoms with E-state index in [1.54, 1.807) is 4.90 Å². The summed E-state index contributed by atoms with van der Waals surface area (Å²) in [5.74, 6) is 0.304. The lowest BCUT2D eigenvalue weighted by Crippen LogP contribution is -2.40. The molecule has 7 heteroatoms. The minimum Gasteiger partial charge on any atom is -0.356 e. The Balaban J connectivity index is 2.24. The second kappa shape index (κ2) is 4.93. The van der Waals surface area contributed by atoms with Gasteiger partial charge in [-0.2, -0.15) is 13.2 Å². The van der Waals surface area contributed by atoms with Crippen molar-refractivity contribution < 1.29 is 13.2 Å². The quantitative estimate of drug-likeness (QED) is 0.859. The van der Waals surface area contributed by atoms with Crippen molar-refractivity contribution in [2.45, 2.75) is 25.1 Å². The van der Waals surface area contributed by atoms with Gasteiger partial charge in [0.15, 0.2) is 5.69 Å².